The number of nitrogens with zero attached hydrogens (tertiary/aromatic N) is 3. The minimum atomic E-state index is -5.19. The Balaban J connectivity index is 1.66. The maximum atomic E-state index is 13.0. The summed E-state index contributed by atoms with van der Waals surface area (Å²) in [4.78, 5) is 7.89. The van der Waals surface area contributed by atoms with Crippen LogP contribution in [0.3, 0.4) is 0 Å². The molecule has 0 radical (unpaired) electrons. The SMILES string of the molecule is BC(C(O)(O)O)(C(O)(O)O)S(=O)(=O)c1ccc(-c2cnc(N)c(-c3cc(-c4ccc(CNC)cc4)no3)n2)cc1. The number of nitrogens with two attached hydrogens (primary N) is 1. The minimum absolute atomic E-state index is 0.0427. The molecule has 0 aliphatic rings. The molecule has 0 unspecified atom stereocenters. The van der Waals surface area contributed by atoms with Crippen LogP contribution in [0.1, 0.15) is 5.56 Å². The van der Waals surface area contributed by atoms with Gasteiger partial charge in [0.15, 0.2) is 35.0 Å². The van der Waals surface area contributed by atoms with Gasteiger partial charge in [-0.15, -0.1) is 0 Å². The lowest BCUT2D eigenvalue weighted by molar-refractivity contribution is -0.407. The van der Waals surface area contributed by atoms with Crippen LogP contribution >= 0.6 is 0 Å². The molecule has 4 aromatic rings. The minimum Gasteiger partial charge on any atom is -0.382 e. The summed E-state index contributed by atoms with van der Waals surface area (Å²) in [6, 6.07) is 13.8. The van der Waals surface area contributed by atoms with E-state index in [2.05, 4.69) is 20.4 Å². The topological polar surface area (TPSA) is 245 Å². The third-order valence-corrected chi connectivity index (χ3v) is 8.97. The normalized spacial score (nSPS) is 13.0. The fourth-order valence-corrected chi connectivity index (χ4v) is 5.55. The van der Waals surface area contributed by atoms with Crippen LogP contribution in [0.4, 0.5) is 5.82 Å². The molecule has 0 saturated carbocycles. The summed E-state index contributed by atoms with van der Waals surface area (Å²) < 4.78 is 27.8. The van der Waals surface area contributed by atoms with Crippen molar-refractivity contribution in [2.24, 2.45) is 0 Å². The highest BCUT2D eigenvalue weighted by Gasteiger charge is 2.67. The van der Waals surface area contributed by atoms with Gasteiger partial charge in [-0.05, 0) is 24.7 Å². The van der Waals surface area contributed by atoms with E-state index in [0.29, 0.717) is 25.6 Å². The van der Waals surface area contributed by atoms with Crippen LogP contribution in [0, 0.1) is 0 Å². The van der Waals surface area contributed by atoms with Crippen molar-refractivity contribution in [2.45, 2.75) is 28.0 Å². The summed E-state index contributed by atoms with van der Waals surface area (Å²) in [5.74, 6) is -8.22. The monoisotopic (exact) mass is 571 g/mol. The summed E-state index contributed by atoms with van der Waals surface area (Å²) in [6.07, 6.45) is 1.32. The van der Waals surface area contributed by atoms with Crippen LogP contribution in [-0.4, -0.2) is 85.7 Å². The summed E-state index contributed by atoms with van der Waals surface area (Å²) in [5.41, 5.74) is 9.20. The van der Waals surface area contributed by atoms with Gasteiger partial charge in [0.25, 0.3) is 11.9 Å². The van der Waals surface area contributed by atoms with Crippen LogP contribution in [-0.2, 0) is 16.4 Å². The zero-order chi connectivity index (χ0) is 29.5. The first kappa shape index (κ1) is 29.3. The lowest BCUT2D eigenvalue weighted by Gasteiger charge is -2.41. The van der Waals surface area contributed by atoms with Crippen LogP contribution in [0.5, 0.6) is 0 Å². The molecule has 0 aliphatic heterocycles. The van der Waals surface area contributed by atoms with E-state index < -0.39 is 31.3 Å². The Morgan fingerprint density at radius 2 is 1.48 bits per heavy atom. The second-order valence-electron chi connectivity index (χ2n) is 9.12. The second kappa shape index (κ2) is 10.3. The zero-order valence-electron chi connectivity index (χ0n) is 21.2. The van der Waals surface area contributed by atoms with E-state index in [-0.39, 0.29) is 23.0 Å². The van der Waals surface area contributed by atoms with Gasteiger partial charge >= 0.3 is 0 Å². The Bertz CT molecular complexity index is 1600. The van der Waals surface area contributed by atoms with Crippen molar-refractivity contribution < 1.29 is 43.6 Å². The number of aromatic nitrogens is 3. The third-order valence-electron chi connectivity index (χ3n) is 6.45. The van der Waals surface area contributed by atoms with Crippen molar-refractivity contribution in [3.05, 3.63) is 66.4 Å². The fraction of sp³-hybridized carbons (Fsp3) is 0.208. The second-order valence-corrected chi connectivity index (χ2v) is 11.4. The average molecular weight is 571 g/mol. The van der Waals surface area contributed by atoms with E-state index in [1.807, 2.05) is 31.3 Å². The van der Waals surface area contributed by atoms with Gasteiger partial charge in [0.05, 0.1) is 16.8 Å². The van der Waals surface area contributed by atoms with E-state index in [1.165, 1.54) is 18.3 Å². The lowest BCUT2D eigenvalue weighted by Crippen LogP contribution is -2.72. The van der Waals surface area contributed by atoms with Crippen LogP contribution in [0.2, 0.25) is 0 Å². The molecule has 2 heterocycles. The number of hydrogen-bond donors (Lipinski definition) is 8. The Morgan fingerprint density at radius 3 is 2.02 bits per heavy atom. The van der Waals surface area contributed by atoms with Gasteiger partial charge in [-0.3, -0.25) is 0 Å². The fourth-order valence-electron chi connectivity index (χ4n) is 3.87. The first-order valence-corrected chi connectivity index (χ1v) is 13.1. The Morgan fingerprint density at radius 1 is 0.925 bits per heavy atom. The Hall–Kier alpha value is -3.74. The van der Waals surface area contributed by atoms with Gasteiger partial charge in [0, 0.05) is 23.7 Å². The molecule has 4 rings (SSSR count). The molecule has 16 heteroatoms. The molecule has 0 aliphatic carbocycles. The van der Waals surface area contributed by atoms with E-state index in [0.717, 1.165) is 23.3 Å². The van der Waals surface area contributed by atoms with Crippen LogP contribution in [0.15, 0.2) is 70.2 Å². The molecule has 0 fully saturated rings. The Labute approximate surface area is 228 Å². The summed E-state index contributed by atoms with van der Waals surface area (Å²) in [6.45, 7) is 0.714. The highest BCUT2D eigenvalue weighted by Crippen LogP contribution is 2.37. The molecule has 2 aromatic heterocycles. The molecule has 0 bridgehead atoms. The van der Waals surface area contributed by atoms with Gasteiger partial charge in [0.2, 0.25) is 4.65 Å². The molecule has 0 amide bonds. The molecule has 0 spiro atoms. The highest BCUT2D eigenvalue weighted by molar-refractivity contribution is 7.94. The summed E-state index contributed by atoms with van der Waals surface area (Å²) >= 11 is 0. The molecule has 210 valence electrons. The average Bonchev–Trinajstić information content (AvgIpc) is 3.38. The number of sulfone groups is 1. The molecule has 9 N–H and O–H groups in total. The summed E-state index contributed by atoms with van der Waals surface area (Å²) in [7, 11) is -2.99. The van der Waals surface area contributed by atoms with Crippen molar-refractivity contribution in [1.29, 1.82) is 0 Å². The number of nitrogens with one attached hydrogen (secondary N) is 1. The maximum Gasteiger partial charge on any atom is 0.296 e. The van der Waals surface area contributed by atoms with Crippen LogP contribution < -0.4 is 11.1 Å². The first-order chi connectivity index (χ1) is 18.6. The van der Waals surface area contributed by atoms with E-state index >= 15 is 0 Å². The van der Waals surface area contributed by atoms with Gasteiger partial charge < -0.3 is 46.2 Å². The molecule has 40 heavy (non-hydrogen) atoms. The number of aliphatic hydroxyl groups is 6. The predicted octanol–water partition coefficient (Wildman–Crippen LogP) is -1.87. The van der Waals surface area contributed by atoms with E-state index in [9.17, 15) is 39.1 Å². The van der Waals surface area contributed by atoms with Crippen molar-refractivity contribution in [2.75, 3.05) is 12.8 Å². The largest absolute Gasteiger partial charge is 0.382 e. The molecule has 14 nitrogen and oxygen atoms in total. The van der Waals surface area contributed by atoms with Gasteiger partial charge in [0.1, 0.15) is 5.69 Å². The maximum absolute atomic E-state index is 13.0. The number of nitrogen functional groups attached to an aromatic ring is 1. The highest BCUT2D eigenvalue weighted by atomic mass is 32.2. The third kappa shape index (κ3) is 5.10. The Kier molecular flexibility index (Phi) is 7.57. The molecule has 2 aromatic carbocycles. The number of hydrogen-bond acceptors (Lipinski definition) is 14. The van der Waals surface area contributed by atoms with Crippen molar-refractivity contribution in [1.82, 2.24) is 20.4 Å². The van der Waals surface area contributed by atoms with Crippen molar-refractivity contribution >= 4 is 23.5 Å². The zero-order valence-corrected chi connectivity index (χ0v) is 22.0. The number of anilines is 1. The predicted molar refractivity (Wildman–Crippen MR) is 143 cm³/mol. The molecule has 0 saturated heterocycles. The van der Waals surface area contributed by atoms with Gasteiger partial charge in [-0.2, -0.15) is 0 Å². The smallest absolute Gasteiger partial charge is 0.296 e. The van der Waals surface area contributed by atoms with E-state index in [4.69, 9.17) is 10.3 Å². The number of benzene rings is 2. The van der Waals surface area contributed by atoms with Gasteiger partial charge in [-0.1, -0.05) is 41.6 Å². The standard InChI is InChI=1S/C24H26BN5O9S/c1-27-11-13-2-4-14(5-3-13)17-10-19(39-30-17)20-21(26)28-12-18(29-20)15-6-8-16(9-7-15)40(37,38)22(25,23(31,32)33)24(34,35)36/h2-10,12,27,31-36H,11,25H2,1H3,(H2,26,28). The molecule has 0 atom stereocenters. The van der Waals surface area contributed by atoms with Crippen LogP contribution in [0.25, 0.3) is 34.0 Å². The van der Waals surface area contributed by atoms with Gasteiger partial charge in [-0.25, -0.2) is 18.4 Å². The quantitative estimate of drug-likeness (QED) is 0.0811. The summed E-state index contributed by atoms with van der Waals surface area (Å²) in [5, 5.41) is 64.6. The van der Waals surface area contributed by atoms with Crippen molar-refractivity contribution in [3.63, 3.8) is 0 Å². The first-order valence-electron chi connectivity index (χ1n) is 11.6. The number of rotatable bonds is 9. The van der Waals surface area contributed by atoms with Crippen molar-refractivity contribution in [3.8, 4) is 34.0 Å². The van der Waals surface area contributed by atoms with E-state index in [1.54, 1.807) is 6.07 Å². The molecular weight excluding hydrogens is 545 g/mol. The molecular formula is C24H26BN5O9S. The lowest BCUT2D eigenvalue weighted by atomic mass is 9.81.